The van der Waals surface area contributed by atoms with Crippen LogP contribution in [0.15, 0.2) is 42.5 Å². The van der Waals surface area contributed by atoms with Gasteiger partial charge in [-0.3, -0.25) is 0 Å². The number of hydrogen-bond donors (Lipinski definition) is 1. The molecule has 2 aromatic carbocycles. The Hall–Kier alpha value is -1.34. The minimum Gasteiger partial charge on any atom is -0.310 e. The third-order valence-electron chi connectivity index (χ3n) is 3.51. The molecule has 1 aliphatic rings. The topological polar surface area (TPSA) is 12.0 Å². The molecular weight excluding hydrogens is 194 g/mol. The maximum Gasteiger partial charge on any atom is 0.0208 e. The standard InChI is InChI=1S/C15H17N/c1-2-5-14-10-12(8-9-13(14)4-1)11-16-15-6-3-7-15/h1-2,4-5,8-10,15-16H,3,6-7,11H2. The van der Waals surface area contributed by atoms with Crippen molar-refractivity contribution in [2.75, 3.05) is 0 Å². The van der Waals surface area contributed by atoms with Crippen LogP contribution >= 0.6 is 0 Å². The minimum atomic E-state index is 0.770. The molecule has 0 heterocycles. The van der Waals surface area contributed by atoms with Gasteiger partial charge in [-0.2, -0.15) is 0 Å². The van der Waals surface area contributed by atoms with Gasteiger partial charge in [-0.15, -0.1) is 0 Å². The van der Waals surface area contributed by atoms with Crippen LogP contribution < -0.4 is 5.32 Å². The summed E-state index contributed by atoms with van der Waals surface area (Å²) in [5.74, 6) is 0. The molecule has 0 radical (unpaired) electrons. The van der Waals surface area contributed by atoms with Crippen molar-refractivity contribution in [1.82, 2.24) is 5.32 Å². The fourth-order valence-electron chi connectivity index (χ4n) is 2.22. The van der Waals surface area contributed by atoms with E-state index in [2.05, 4.69) is 47.8 Å². The summed E-state index contributed by atoms with van der Waals surface area (Å²) in [7, 11) is 0. The number of benzene rings is 2. The smallest absolute Gasteiger partial charge is 0.0208 e. The second-order valence-corrected chi connectivity index (χ2v) is 4.69. The van der Waals surface area contributed by atoms with Gasteiger partial charge in [0.25, 0.3) is 0 Å². The van der Waals surface area contributed by atoms with E-state index < -0.39 is 0 Å². The van der Waals surface area contributed by atoms with Crippen molar-refractivity contribution < 1.29 is 0 Å². The molecule has 0 atom stereocenters. The molecule has 0 unspecified atom stereocenters. The Morgan fingerprint density at radius 3 is 2.56 bits per heavy atom. The van der Waals surface area contributed by atoms with Gasteiger partial charge in [-0.25, -0.2) is 0 Å². The summed E-state index contributed by atoms with van der Waals surface area (Å²) in [4.78, 5) is 0. The fraction of sp³-hybridized carbons (Fsp3) is 0.333. The van der Waals surface area contributed by atoms with E-state index in [1.54, 1.807) is 0 Å². The predicted octanol–water partition coefficient (Wildman–Crippen LogP) is 3.48. The molecule has 16 heavy (non-hydrogen) atoms. The molecule has 2 aromatic rings. The Morgan fingerprint density at radius 2 is 1.81 bits per heavy atom. The number of nitrogens with one attached hydrogen (secondary N) is 1. The van der Waals surface area contributed by atoms with Crippen LogP contribution in [-0.4, -0.2) is 6.04 Å². The SMILES string of the molecule is c1ccc2cc(CNC3CCC3)ccc2c1. The van der Waals surface area contributed by atoms with Crippen LogP contribution in [0.5, 0.6) is 0 Å². The van der Waals surface area contributed by atoms with Gasteiger partial charge >= 0.3 is 0 Å². The summed E-state index contributed by atoms with van der Waals surface area (Å²) in [5.41, 5.74) is 1.39. The fourth-order valence-corrected chi connectivity index (χ4v) is 2.22. The van der Waals surface area contributed by atoms with E-state index in [0.717, 1.165) is 12.6 Å². The van der Waals surface area contributed by atoms with Crippen LogP contribution in [0.2, 0.25) is 0 Å². The lowest BCUT2D eigenvalue weighted by Crippen LogP contribution is -2.34. The molecule has 0 aliphatic heterocycles. The van der Waals surface area contributed by atoms with Crippen molar-refractivity contribution in [3.63, 3.8) is 0 Å². The zero-order chi connectivity index (χ0) is 10.8. The Bertz CT molecular complexity index is 486. The maximum atomic E-state index is 3.60. The van der Waals surface area contributed by atoms with Gasteiger partial charge in [0.15, 0.2) is 0 Å². The predicted molar refractivity (Wildman–Crippen MR) is 68.4 cm³/mol. The molecule has 1 nitrogen and oxygen atoms in total. The van der Waals surface area contributed by atoms with Gasteiger partial charge < -0.3 is 5.32 Å². The lowest BCUT2D eigenvalue weighted by atomic mass is 9.93. The average molecular weight is 211 g/mol. The summed E-state index contributed by atoms with van der Waals surface area (Å²) in [6, 6.07) is 16.1. The van der Waals surface area contributed by atoms with Crippen molar-refractivity contribution in [1.29, 1.82) is 0 Å². The van der Waals surface area contributed by atoms with Gasteiger partial charge in [-0.05, 0) is 35.2 Å². The molecule has 0 bridgehead atoms. The van der Waals surface area contributed by atoms with Gasteiger partial charge in [-0.1, -0.05) is 42.8 Å². The first-order valence-corrected chi connectivity index (χ1v) is 6.13. The molecule has 0 amide bonds. The second kappa shape index (κ2) is 4.26. The molecule has 1 heteroatoms. The van der Waals surface area contributed by atoms with Crippen LogP contribution in [0.3, 0.4) is 0 Å². The Morgan fingerprint density at radius 1 is 1.00 bits per heavy atom. The van der Waals surface area contributed by atoms with Gasteiger partial charge in [0.1, 0.15) is 0 Å². The van der Waals surface area contributed by atoms with Crippen molar-refractivity contribution in [3.05, 3.63) is 48.0 Å². The summed E-state index contributed by atoms with van der Waals surface area (Å²) in [6.07, 6.45) is 4.11. The largest absolute Gasteiger partial charge is 0.310 e. The molecule has 3 rings (SSSR count). The molecular formula is C15H17N. The van der Waals surface area contributed by atoms with Crippen LogP contribution in [-0.2, 0) is 6.54 Å². The average Bonchev–Trinajstić information content (AvgIpc) is 2.27. The summed E-state index contributed by atoms with van der Waals surface area (Å²) in [6.45, 7) is 1.01. The highest BCUT2D eigenvalue weighted by molar-refractivity contribution is 5.82. The highest BCUT2D eigenvalue weighted by Crippen LogP contribution is 2.20. The Balaban J connectivity index is 1.76. The number of fused-ring (bicyclic) bond motifs is 1. The third kappa shape index (κ3) is 1.96. The normalized spacial score (nSPS) is 16.2. The van der Waals surface area contributed by atoms with Crippen LogP contribution in [0.4, 0.5) is 0 Å². The summed E-state index contributed by atoms with van der Waals surface area (Å²) < 4.78 is 0. The quantitative estimate of drug-likeness (QED) is 0.819. The third-order valence-corrected chi connectivity index (χ3v) is 3.51. The highest BCUT2D eigenvalue weighted by atomic mass is 14.9. The molecule has 0 spiro atoms. The van der Waals surface area contributed by atoms with Crippen LogP contribution in [0, 0.1) is 0 Å². The van der Waals surface area contributed by atoms with Crippen LogP contribution in [0.1, 0.15) is 24.8 Å². The Kier molecular flexibility index (Phi) is 2.63. The zero-order valence-corrected chi connectivity index (χ0v) is 9.45. The van der Waals surface area contributed by atoms with Crippen LogP contribution in [0.25, 0.3) is 10.8 Å². The molecule has 1 fully saturated rings. The van der Waals surface area contributed by atoms with E-state index in [-0.39, 0.29) is 0 Å². The lowest BCUT2D eigenvalue weighted by molar-refractivity contribution is 0.338. The molecule has 0 saturated heterocycles. The van der Waals surface area contributed by atoms with E-state index in [1.165, 1.54) is 35.6 Å². The first-order valence-electron chi connectivity index (χ1n) is 6.13. The summed E-state index contributed by atoms with van der Waals surface area (Å²) in [5, 5.41) is 6.27. The van der Waals surface area contributed by atoms with E-state index in [4.69, 9.17) is 0 Å². The van der Waals surface area contributed by atoms with E-state index >= 15 is 0 Å². The molecule has 82 valence electrons. The Labute approximate surface area is 96.5 Å². The minimum absolute atomic E-state index is 0.770. The van der Waals surface area contributed by atoms with Gasteiger partial charge in [0.05, 0.1) is 0 Å². The summed E-state index contributed by atoms with van der Waals surface area (Å²) >= 11 is 0. The van der Waals surface area contributed by atoms with E-state index in [1.807, 2.05) is 0 Å². The van der Waals surface area contributed by atoms with Crippen molar-refractivity contribution in [2.45, 2.75) is 31.8 Å². The molecule has 1 saturated carbocycles. The maximum absolute atomic E-state index is 3.60. The number of hydrogen-bond acceptors (Lipinski definition) is 1. The van der Waals surface area contributed by atoms with E-state index in [0.29, 0.717) is 0 Å². The zero-order valence-electron chi connectivity index (χ0n) is 9.45. The van der Waals surface area contributed by atoms with Crippen molar-refractivity contribution >= 4 is 10.8 Å². The molecule has 0 aromatic heterocycles. The van der Waals surface area contributed by atoms with Gasteiger partial charge in [0, 0.05) is 12.6 Å². The first-order chi connectivity index (χ1) is 7.92. The monoisotopic (exact) mass is 211 g/mol. The lowest BCUT2D eigenvalue weighted by Gasteiger charge is -2.26. The number of rotatable bonds is 3. The van der Waals surface area contributed by atoms with Crippen molar-refractivity contribution in [2.24, 2.45) is 0 Å². The molecule has 1 aliphatic carbocycles. The molecule has 1 N–H and O–H groups in total. The van der Waals surface area contributed by atoms with Crippen molar-refractivity contribution in [3.8, 4) is 0 Å². The van der Waals surface area contributed by atoms with Gasteiger partial charge in [0.2, 0.25) is 0 Å². The highest BCUT2D eigenvalue weighted by Gasteiger charge is 2.15. The van der Waals surface area contributed by atoms with E-state index in [9.17, 15) is 0 Å². The second-order valence-electron chi connectivity index (χ2n) is 4.69. The first kappa shape index (κ1) is 9.86.